The molecule has 1 amide bonds. The zero-order valence-electron chi connectivity index (χ0n) is 20.2. The molecule has 0 bridgehead atoms. The molecule has 9 heteroatoms. The van der Waals surface area contributed by atoms with E-state index in [-0.39, 0.29) is 24.7 Å². The van der Waals surface area contributed by atoms with Crippen molar-refractivity contribution in [3.63, 3.8) is 0 Å². The number of aromatic nitrogens is 2. The Kier molecular flexibility index (Phi) is 7.00. The third kappa shape index (κ3) is 5.35. The van der Waals surface area contributed by atoms with E-state index in [2.05, 4.69) is 5.32 Å². The van der Waals surface area contributed by atoms with Crippen LogP contribution >= 0.6 is 0 Å². The fraction of sp³-hybridized carbons (Fsp3) is 0.185. The number of aliphatic carboxylic acids is 1. The Morgan fingerprint density at radius 1 is 1.08 bits per heavy atom. The zero-order chi connectivity index (χ0) is 25.8. The number of imidazole rings is 1. The number of hydrogen-bond acceptors (Lipinski definition) is 5. The van der Waals surface area contributed by atoms with Gasteiger partial charge in [0.1, 0.15) is 11.7 Å². The predicted molar refractivity (Wildman–Crippen MR) is 141 cm³/mol. The molecule has 4 rings (SSSR count). The molecule has 0 saturated carbocycles. The van der Waals surface area contributed by atoms with Gasteiger partial charge in [0.25, 0.3) is 5.91 Å². The summed E-state index contributed by atoms with van der Waals surface area (Å²) in [6.07, 6.45) is -0.158. The van der Waals surface area contributed by atoms with Gasteiger partial charge in [0.15, 0.2) is 0 Å². The second-order valence-corrected chi connectivity index (χ2v) is 8.57. The number of amides is 1. The minimum atomic E-state index is -0.964. The molecule has 0 aliphatic heterocycles. The van der Waals surface area contributed by atoms with Crippen molar-refractivity contribution in [2.24, 2.45) is 12.8 Å². The first-order valence-corrected chi connectivity index (χ1v) is 11.5. The van der Waals surface area contributed by atoms with Crippen molar-refractivity contribution in [1.82, 2.24) is 9.55 Å². The largest absolute Gasteiger partial charge is 0.481 e. The Labute approximate surface area is 208 Å². The van der Waals surface area contributed by atoms with E-state index in [1.807, 2.05) is 54.9 Å². The van der Waals surface area contributed by atoms with E-state index in [0.29, 0.717) is 28.9 Å². The third-order valence-electron chi connectivity index (χ3n) is 5.97. The van der Waals surface area contributed by atoms with Gasteiger partial charge in [-0.1, -0.05) is 12.1 Å². The number of nitrogens with one attached hydrogen (secondary N) is 2. The minimum absolute atomic E-state index is 0.0196. The lowest BCUT2D eigenvalue weighted by Gasteiger charge is -2.22. The van der Waals surface area contributed by atoms with Crippen LogP contribution in [-0.2, 0) is 18.4 Å². The number of nitrogens with zero attached hydrogens (tertiary/aromatic N) is 3. The summed E-state index contributed by atoms with van der Waals surface area (Å²) in [7, 11) is 1.92. The van der Waals surface area contributed by atoms with Crippen molar-refractivity contribution >= 4 is 40.1 Å². The molecule has 0 aliphatic carbocycles. The van der Waals surface area contributed by atoms with E-state index in [1.165, 1.54) is 4.90 Å². The van der Waals surface area contributed by atoms with Crippen LogP contribution in [0.1, 0.15) is 33.7 Å². The molecular formula is C27H28N6O3. The number of nitrogens with two attached hydrogens (primary N) is 1. The van der Waals surface area contributed by atoms with E-state index in [9.17, 15) is 14.7 Å². The predicted octanol–water partition coefficient (Wildman–Crippen LogP) is 3.90. The number of aryl methyl sites for hydroxylation is 2. The van der Waals surface area contributed by atoms with Crippen molar-refractivity contribution in [1.29, 1.82) is 5.41 Å². The van der Waals surface area contributed by atoms with Gasteiger partial charge in [-0.2, -0.15) is 0 Å². The number of carboxylic acid groups (broad SMARTS) is 1. The number of amidine groups is 1. The second kappa shape index (κ2) is 10.3. The summed E-state index contributed by atoms with van der Waals surface area (Å²) < 4.78 is 1.96. The van der Waals surface area contributed by atoms with Crippen molar-refractivity contribution < 1.29 is 14.7 Å². The highest BCUT2D eigenvalue weighted by molar-refractivity contribution is 6.07. The highest BCUT2D eigenvalue weighted by Crippen LogP contribution is 2.23. The number of hydrogen-bond donors (Lipinski definition) is 4. The highest BCUT2D eigenvalue weighted by Gasteiger charge is 2.20. The van der Waals surface area contributed by atoms with E-state index in [1.54, 1.807) is 30.3 Å². The number of benzene rings is 3. The topological polar surface area (TPSA) is 137 Å². The minimum Gasteiger partial charge on any atom is -0.481 e. The summed E-state index contributed by atoms with van der Waals surface area (Å²) in [5.74, 6) is -0.439. The van der Waals surface area contributed by atoms with Gasteiger partial charge in [-0.15, -0.1) is 0 Å². The molecule has 36 heavy (non-hydrogen) atoms. The molecular weight excluding hydrogens is 456 g/mol. The van der Waals surface area contributed by atoms with Crippen LogP contribution in [0.5, 0.6) is 0 Å². The summed E-state index contributed by atoms with van der Waals surface area (Å²) >= 11 is 0. The van der Waals surface area contributed by atoms with E-state index in [0.717, 1.165) is 22.6 Å². The van der Waals surface area contributed by atoms with Gasteiger partial charge in [0, 0.05) is 36.1 Å². The van der Waals surface area contributed by atoms with Crippen LogP contribution < -0.4 is 16.0 Å². The Hall–Kier alpha value is -4.66. The lowest BCUT2D eigenvalue weighted by molar-refractivity contribution is -0.136. The number of nitrogen functional groups attached to an aromatic ring is 1. The van der Waals surface area contributed by atoms with Gasteiger partial charge >= 0.3 is 5.97 Å². The fourth-order valence-corrected chi connectivity index (χ4v) is 4.00. The number of fused-ring (bicyclic) bond motifs is 1. The average Bonchev–Trinajstić information content (AvgIpc) is 3.17. The van der Waals surface area contributed by atoms with E-state index < -0.39 is 5.97 Å². The van der Waals surface area contributed by atoms with Gasteiger partial charge in [-0.05, 0) is 67.1 Å². The number of carboxylic acids is 1. The van der Waals surface area contributed by atoms with Crippen LogP contribution in [0.3, 0.4) is 0 Å². The van der Waals surface area contributed by atoms with Crippen LogP contribution in [0.15, 0.2) is 66.7 Å². The first kappa shape index (κ1) is 24.5. The fourth-order valence-electron chi connectivity index (χ4n) is 4.00. The second-order valence-electron chi connectivity index (χ2n) is 8.57. The first-order valence-electron chi connectivity index (χ1n) is 11.5. The molecule has 1 heterocycles. The van der Waals surface area contributed by atoms with Crippen molar-refractivity contribution in [3.8, 4) is 0 Å². The Balaban J connectivity index is 1.57. The SMILES string of the molecule is Cc1cccc(N(CCC(=O)O)C(=O)c2ccc3c(c2)nc(CNc2ccc(C(=N)N)cc2)n3C)c1. The summed E-state index contributed by atoms with van der Waals surface area (Å²) in [4.78, 5) is 30.9. The number of carbonyl (C=O) groups is 2. The molecule has 9 nitrogen and oxygen atoms in total. The summed E-state index contributed by atoms with van der Waals surface area (Å²) in [6, 6.07) is 20.1. The van der Waals surface area contributed by atoms with Crippen LogP contribution in [0, 0.1) is 12.3 Å². The van der Waals surface area contributed by atoms with Crippen molar-refractivity contribution in [2.75, 3.05) is 16.8 Å². The summed E-state index contributed by atoms with van der Waals surface area (Å²) in [6.45, 7) is 2.45. The molecule has 0 saturated heterocycles. The quantitative estimate of drug-likeness (QED) is 0.210. The Morgan fingerprint density at radius 3 is 2.47 bits per heavy atom. The van der Waals surface area contributed by atoms with E-state index in [4.69, 9.17) is 16.1 Å². The molecule has 0 fully saturated rings. The molecule has 0 radical (unpaired) electrons. The lowest BCUT2D eigenvalue weighted by atomic mass is 10.1. The number of rotatable bonds is 9. The molecule has 0 spiro atoms. The summed E-state index contributed by atoms with van der Waals surface area (Å²) in [5, 5.41) is 20.0. The first-order chi connectivity index (χ1) is 17.2. The smallest absolute Gasteiger partial charge is 0.305 e. The van der Waals surface area contributed by atoms with E-state index >= 15 is 0 Å². The van der Waals surface area contributed by atoms with Crippen LogP contribution in [0.2, 0.25) is 0 Å². The number of carbonyl (C=O) groups excluding carboxylic acids is 1. The van der Waals surface area contributed by atoms with Crippen LogP contribution in [-0.4, -0.2) is 38.9 Å². The van der Waals surface area contributed by atoms with Gasteiger partial charge in [-0.3, -0.25) is 15.0 Å². The van der Waals surface area contributed by atoms with Gasteiger partial charge in [-0.25, -0.2) is 4.98 Å². The maximum Gasteiger partial charge on any atom is 0.305 e. The standard InChI is InChI=1S/C27H28N6O3/c1-17-4-3-5-21(14-17)33(13-12-25(34)35)27(36)19-8-11-23-22(15-19)31-24(32(23)2)16-30-20-9-6-18(7-10-20)26(28)29/h3-11,14-15,30H,12-13,16H2,1-2H3,(H3,28,29)(H,34,35). The van der Waals surface area contributed by atoms with Crippen LogP contribution in [0.4, 0.5) is 11.4 Å². The molecule has 5 N–H and O–H groups in total. The zero-order valence-corrected chi connectivity index (χ0v) is 20.2. The normalized spacial score (nSPS) is 10.8. The number of anilines is 2. The van der Waals surface area contributed by atoms with Gasteiger partial charge in [0.05, 0.1) is 24.0 Å². The van der Waals surface area contributed by atoms with Gasteiger partial charge < -0.3 is 25.6 Å². The lowest BCUT2D eigenvalue weighted by Crippen LogP contribution is -2.33. The molecule has 0 unspecified atom stereocenters. The average molecular weight is 485 g/mol. The third-order valence-corrected chi connectivity index (χ3v) is 5.97. The maximum atomic E-state index is 13.5. The van der Waals surface area contributed by atoms with Gasteiger partial charge in [0.2, 0.25) is 0 Å². The molecule has 0 aliphatic rings. The molecule has 3 aromatic carbocycles. The highest BCUT2D eigenvalue weighted by atomic mass is 16.4. The Bertz CT molecular complexity index is 1440. The van der Waals surface area contributed by atoms with Crippen molar-refractivity contribution in [3.05, 3.63) is 89.2 Å². The maximum absolute atomic E-state index is 13.5. The molecule has 4 aromatic rings. The van der Waals surface area contributed by atoms with Crippen molar-refractivity contribution in [2.45, 2.75) is 19.9 Å². The molecule has 1 aromatic heterocycles. The summed E-state index contributed by atoms with van der Waals surface area (Å²) in [5.41, 5.74) is 10.7. The van der Waals surface area contributed by atoms with Crippen LogP contribution in [0.25, 0.3) is 11.0 Å². The molecule has 184 valence electrons. The monoisotopic (exact) mass is 484 g/mol. The Morgan fingerprint density at radius 2 is 1.81 bits per heavy atom. The molecule has 0 atom stereocenters.